The lowest BCUT2D eigenvalue weighted by Crippen LogP contribution is -2.37. The van der Waals surface area contributed by atoms with Crippen LogP contribution in [0.1, 0.15) is 142 Å². The number of phosphoric ester groups is 2. The number of likely N-dealkylation sites (N-methyl/N-ethyl adjacent to an activating group) is 2. The van der Waals surface area contributed by atoms with Crippen molar-refractivity contribution < 1.29 is 65.4 Å². The van der Waals surface area contributed by atoms with E-state index in [0.717, 1.165) is 38.5 Å². The van der Waals surface area contributed by atoms with Gasteiger partial charge in [0.05, 0.1) is 48.9 Å². The Hall–Kier alpha value is -0.920. The summed E-state index contributed by atoms with van der Waals surface area (Å²) >= 11 is 0. The summed E-state index contributed by atoms with van der Waals surface area (Å²) in [5.74, 6) is -0.837. The maximum atomic E-state index is 12.5. The predicted octanol–water partition coefficient (Wildman–Crippen LogP) is 6.66. The minimum Gasteiger partial charge on any atom is -0.756 e. The Bertz CT molecular complexity index is 999. The van der Waals surface area contributed by atoms with Crippen molar-refractivity contribution >= 4 is 27.6 Å². The first kappa shape index (κ1) is 54.2. The second-order valence-corrected chi connectivity index (χ2v) is 18.5. The number of unbranched alkanes of at least 4 members (excludes halogenated alkanes) is 16. The standard InChI is InChI=1S/C32H64NO8P.C5H14NO4P/c1-6-8-10-12-14-16-18-20-22-24-31(34)38-28-30(29-40-42(36,37)39-27-26-33(3,4)5)41-32(35)25-23-21-19-17-15-13-11-9-7-2;1-6(2,3)4-5-10-11(7,8)9/h30H,6-29H2,1-5H3;4-5H2,1-3H3,(H-,7,8,9)/t30-;/m1./s1. The van der Waals surface area contributed by atoms with Gasteiger partial charge in [-0.15, -0.1) is 0 Å². The zero-order chi connectivity index (χ0) is 40.7. The molecule has 0 aromatic rings. The van der Waals surface area contributed by atoms with Gasteiger partial charge in [-0.05, 0) is 12.8 Å². The largest absolute Gasteiger partial charge is 0.756 e. The Kier molecular flexibility index (Phi) is 32.9. The summed E-state index contributed by atoms with van der Waals surface area (Å²) in [6, 6.07) is 0. The van der Waals surface area contributed by atoms with Crippen LogP contribution in [0.4, 0.5) is 0 Å². The maximum absolute atomic E-state index is 12.5. The Morgan fingerprint density at radius 1 is 0.566 bits per heavy atom. The van der Waals surface area contributed by atoms with Gasteiger partial charge in [0.15, 0.2) is 6.10 Å². The van der Waals surface area contributed by atoms with E-state index < -0.39 is 34.3 Å². The third-order valence-corrected chi connectivity index (χ3v) is 9.62. The van der Waals surface area contributed by atoms with Crippen molar-refractivity contribution in [1.29, 1.82) is 0 Å². The Labute approximate surface area is 322 Å². The zero-order valence-electron chi connectivity index (χ0n) is 34.7. The molecule has 3 atom stereocenters. The lowest BCUT2D eigenvalue weighted by atomic mass is 10.1. The first-order valence-electron chi connectivity index (χ1n) is 19.9. The van der Waals surface area contributed by atoms with Gasteiger partial charge in [-0.25, -0.2) is 0 Å². The second kappa shape index (κ2) is 32.2. The molecule has 0 heterocycles. The molecule has 0 aromatic heterocycles. The summed E-state index contributed by atoms with van der Waals surface area (Å²) in [4.78, 5) is 55.2. The minimum absolute atomic E-state index is 0.0147. The first-order chi connectivity index (χ1) is 24.7. The van der Waals surface area contributed by atoms with Crippen LogP contribution in [0.25, 0.3) is 0 Å². The third-order valence-electron chi connectivity index (χ3n) is 8.14. The molecular weight excluding hydrogens is 726 g/mol. The van der Waals surface area contributed by atoms with E-state index in [1.54, 1.807) is 0 Å². The number of phosphoric acid groups is 2. The lowest BCUT2D eigenvalue weighted by Gasteiger charge is -2.28. The number of hydrogen-bond acceptors (Lipinski definition) is 11. The molecule has 16 heteroatoms. The van der Waals surface area contributed by atoms with Crippen LogP contribution in [-0.4, -0.2) is 114 Å². The fourth-order valence-corrected chi connectivity index (χ4v) is 5.89. The molecule has 318 valence electrons. The maximum Gasteiger partial charge on any atom is 0.306 e. The molecule has 0 aliphatic rings. The normalized spacial score (nSPS) is 14.8. The van der Waals surface area contributed by atoms with Crippen molar-refractivity contribution in [3.8, 4) is 0 Å². The van der Waals surface area contributed by atoms with Gasteiger partial charge in [0.2, 0.25) is 0 Å². The molecule has 0 aliphatic heterocycles. The lowest BCUT2D eigenvalue weighted by molar-refractivity contribution is -0.870. The van der Waals surface area contributed by atoms with Gasteiger partial charge >= 0.3 is 11.9 Å². The summed E-state index contributed by atoms with van der Waals surface area (Å²) in [7, 11) is 2.36. The highest BCUT2D eigenvalue weighted by atomic mass is 31.2. The molecule has 2 unspecified atom stereocenters. The number of carbonyl (C=O) groups is 2. The zero-order valence-corrected chi connectivity index (χ0v) is 36.5. The molecule has 0 rings (SSSR count). The van der Waals surface area contributed by atoms with Crippen LogP contribution in [-0.2, 0) is 41.8 Å². The summed E-state index contributed by atoms with van der Waals surface area (Å²) in [5.41, 5.74) is 0. The fraction of sp³-hybridized carbons (Fsp3) is 0.946. The van der Waals surface area contributed by atoms with E-state index in [0.29, 0.717) is 28.5 Å². The van der Waals surface area contributed by atoms with Crippen molar-refractivity contribution in [2.75, 3.05) is 81.8 Å². The van der Waals surface area contributed by atoms with E-state index in [1.807, 2.05) is 42.3 Å². The average molecular weight is 805 g/mol. The summed E-state index contributed by atoms with van der Waals surface area (Å²) < 4.78 is 48.3. The summed E-state index contributed by atoms with van der Waals surface area (Å²) in [6.07, 6.45) is 20.0. The molecule has 53 heavy (non-hydrogen) atoms. The number of rotatable bonds is 34. The molecule has 0 aliphatic carbocycles. The van der Waals surface area contributed by atoms with Crippen molar-refractivity contribution in [2.45, 2.75) is 148 Å². The molecule has 14 nitrogen and oxygen atoms in total. The Morgan fingerprint density at radius 3 is 1.34 bits per heavy atom. The molecule has 0 aromatic carbocycles. The van der Waals surface area contributed by atoms with Gasteiger partial charge in [0, 0.05) is 12.8 Å². The van der Waals surface area contributed by atoms with Crippen molar-refractivity contribution in [2.24, 2.45) is 0 Å². The molecule has 0 amide bonds. The summed E-state index contributed by atoms with van der Waals surface area (Å²) in [6.45, 7) is 4.71. The molecule has 0 fully saturated rings. The molecule has 0 radical (unpaired) electrons. The van der Waals surface area contributed by atoms with Crippen LogP contribution in [0.2, 0.25) is 0 Å². The first-order valence-corrected chi connectivity index (χ1v) is 22.9. The van der Waals surface area contributed by atoms with Crippen molar-refractivity contribution in [3.05, 3.63) is 0 Å². The molecule has 0 spiro atoms. The highest BCUT2D eigenvalue weighted by molar-refractivity contribution is 7.45. The Morgan fingerprint density at radius 2 is 0.943 bits per heavy atom. The number of esters is 2. The molecule has 0 bridgehead atoms. The number of ether oxygens (including phenoxy) is 2. The van der Waals surface area contributed by atoms with Crippen LogP contribution in [0.3, 0.4) is 0 Å². The van der Waals surface area contributed by atoms with Crippen LogP contribution in [0, 0.1) is 0 Å². The number of quaternary nitrogens is 2. The highest BCUT2D eigenvalue weighted by Gasteiger charge is 2.21. The van der Waals surface area contributed by atoms with Crippen LogP contribution in [0.15, 0.2) is 0 Å². The predicted molar refractivity (Wildman–Crippen MR) is 206 cm³/mol. The van der Waals surface area contributed by atoms with Gasteiger partial charge in [-0.3, -0.25) is 18.7 Å². The van der Waals surface area contributed by atoms with Crippen LogP contribution < -0.4 is 9.79 Å². The molecular formula is C37H78N2O12P2. The second-order valence-electron chi connectivity index (χ2n) is 15.9. The SMILES string of the molecule is CCCCCCCCCCCC(=O)OC[C@H](COP(=O)([O-])OCC[N+](C)(C)C)OC(=O)CCCCCCCCCCC.C[N+](C)(C)CCOP(=O)([O-])O. The van der Waals surface area contributed by atoms with Gasteiger partial charge in [0.1, 0.15) is 32.9 Å². The monoisotopic (exact) mass is 805 g/mol. The topological polar surface area (TPSA) is 181 Å². The number of nitrogens with zero attached hydrogens (tertiary/aromatic N) is 2. The third kappa shape index (κ3) is 45.4. The highest BCUT2D eigenvalue weighted by Crippen LogP contribution is 2.38. The van der Waals surface area contributed by atoms with Gasteiger partial charge < -0.3 is 46.7 Å². The van der Waals surface area contributed by atoms with Gasteiger partial charge in [-0.2, -0.15) is 0 Å². The van der Waals surface area contributed by atoms with E-state index in [1.165, 1.54) is 70.6 Å². The summed E-state index contributed by atoms with van der Waals surface area (Å²) in [5, 5.41) is 0. The van der Waals surface area contributed by atoms with E-state index in [4.69, 9.17) is 23.4 Å². The van der Waals surface area contributed by atoms with Crippen LogP contribution >= 0.6 is 15.6 Å². The fourth-order valence-electron chi connectivity index (χ4n) is 4.85. The quantitative estimate of drug-likeness (QED) is 0.0317. The molecule has 1 N–H and O–H groups in total. The van der Waals surface area contributed by atoms with E-state index in [-0.39, 0.29) is 38.6 Å². The Balaban J connectivity index is 0. The van der Waals surface area contributed by atoms with Crippen molar-refractivity contribution in [1.82, 2.24) is 0 Å². The number of hydrogen-bond donors (Lipinski definition) is 1. The van der Waals surface area contributed by atoms with Gasteiger partial charge in [0.25, 0.3) is 15.6 Å². The van der Waals surface area contributed by atoms with E-state index in [2.05, 4.69) is 18.4 Å². The average Bonchev–Trinajstić information content (AvgIpc) is 3.03. The van der Waals surface area contributed by atoms with Crippen LogP contribution in [0.5, 0.6) is 0 Å². The van der Waals surface area contributed by atoms with Crippen molar-refractivity contribution in [3.63, 3.8) is 0 Å². The molecule has 0 saturated heterocycles. The smallest absolute Gasteiger partial charge is 0.306 e. The van der Waals surface area contributed by atoms with Gasteiger partial charge in [-0.1, -0.05) is 117 Å². The van der Waals surface area contributed by atoms with E-state index >= 15 is 0 Å². The van der Waals surface area contributed by atoms with E-state index in [9.17, 15) is 28.5 Å². The number of carbonyl (C=O) groups excluding carboxylic acids is 2. The molecule has 0 saturated carbocycles. The minimum atomic E-state index is -4.60.